The van der Waals surface area contributed by atoms with Gasteiger partial charge in [0.05, 0.1) is 23.5 Å². The highest BCUT2D eigenvalue weighted by molar-refractivity contribution is 6.68. The number of amides is 1. The zero-order chi connectivity index (χ0) is 57.2. The summed E-state index contributed by atoms with van der Waals surface area (Å²) >= 11 is 35.6. The number of nitrogens with zero attached hydrogens (tertiary/aromatic N) is 1. The van der Waals surface area contributed by atoms with Crippen molar-refractivity contribution in [3.63, 3.8) is 0 Å². The number of Topliss-reactive ketones (excluding diaryl/α,β-unsaturated/α-hetero) is 1. The van der Waals surface area contributed by atoms with E-state index in [9.17, 15) is 29.1 Å². The first kappa shape index (κ1) is 60.3. The van der Waals surface area contributed by atoms with Gasteiger partial charge in [-0.2, -0.15) is 0 Å². The topological polar surface area (TPSA) is 235 Å². The second-order valence-corrected chi connectivity index (χ2v) is 26.8. The van der Waals surface area contributed by atoms with Crippen LogP contribution in [0.15, 0.2) is 71.8 Å². The van der Waals surface area contributed by atoms with Gasteiger partial charge in [0.15, 0.2) is 23.6 Å². The van der Waals surface area contributed by atoms with Crippen LogP contribution in [0.5, 0.6) is 0 Å². The molecular formula is C52H59Cl6NO18. The third-order valence-corrected chi connectivity index (χ3v) is 15.5. The van der Waals surface area contributed by atoms with E-state index >= 15 is 9.59 Å². The lowest BCUT2D eigenvalue weighted by Crippen LogP contribution is -2.82. The van der Waals surface area contributed by atoms with Crippen LogP contribution in [-0.4, -0.2) is 139 Å². The summed E-state index contributed by atoms with van der Waals surface area (Å²) in [5.74, 6) is -5.96. The van der Waals surface area contributed by atoms with Crippen molar-refractivity contribution in [2.45, 2.75) is 155 Å². The molecule has 0 aromatic heterocycles. The van der Waals surface area contributed by atoms with Crippen LogP contribution in [0.4, 0.5) is 14.4 Å². The summed E-state index contributed by atoms with van der Waals surface area (Å²) in [6, 6.07) is 14.9. The van der Waals surface area contributed by atoms with Crippen molar-refractivity contribution in [2.24, 2.45) is 16.7 Å². The van der Waals surface area contributed by atoms with Crippen molar-refractivity contribution in [1.82, 2.24) is 4.90 Å². The highest BCUT2D eigenvalue weighted by Crippen LogP contribution is 2.65. The molecule has 1 N–H and O–H groups in total. The van der Waals surface area contributed by atoms with Crippen molar-refractivity contribution in [3.8, 4) is 0 Å². The van der Waals surface area contributed by atoms with Gasteiger partial charge in [0.2, 0.25) is 7.59 Å². The van der Waals surface area contributed by atoms with Gasteiger partial charge in [0, 0.05) is 25.2 Å². The Hall–Kier alpha value is -4.31. The second-order valence-electron chi connectivity index (χ2n) is 21.8. The lowest BCUT2D eigenvalue weighted by atomic mass is 9.44. The highest BCUT2D eigenvalue weighted by atomic mass is 35.6. The van der Waals surface area contributed by atoms with Gasteiger partial charge in [-0.15, -0.1) is 0 Å². The molecule has 11 atom stereocenters. The largest absolute Gasteiger partial charge is 0.509 e. The molecule has 0 spiro atoms. The van der Waals surface area contributed by atoms with E-state index in [0.717, 1.165) is 6.92 Å². The number of hydrogen-bond donors (Lipinski definition) is 1. The Balaban J connectivity index is 1.47. The number of fused-ring (bicyclic) bond motifs is 5. The van der Waals surface area contributed by atoms with E-state index < -0.39 is 164 Å². The molecule has 422 valence electrons. The van der Waals surface area contributed by atoms with Crippen LogP contribution in [0, 0.1) is 16.7 Å². The summed E-state index contributed by atoms with van der Waals surface area (Å²) < 4.78 is 55.5. The number of hydrogen-bond acceptors (Lipinski definition) is 18. The highest BCUT2D eigenvalue weighted by Gasteiger charge is 2.79. The quantitative estimate of drug-likeness (QED) is 0.101. The standard InChI is InChI=1S/C52H59Cl6NO18/c1-26-30(71-41(63)36-34(28-17-13-11-14-18-28)59(47(8,9)76-36)42(64)77-45(3,4)5)22-50(67)39(74-40(62)29-19-15-12-16-20-29)37-48(10,38(61)35(33(26)46(50,6)7)73-44(66)70-25-52(56,57)58)31(72-43(65)69-24-51(53,54)55)21-32-49(37,23-68-32)75-27(2)60/h11-20,30-32,34-37,39,67H,21-25H2,1-10H3/t30-,31-,32+,34-,35+,36+,37-,39-,48+,49-,50+/m0/s1. The van der Waals surface area contributed by atoms with Crippen LogP contribution in [0.25, 0.3) is 0 Å². The maximum atomic E-state index is 16.4. The number of carbonyl (C=O) groups is 7. The summed E-state index contributed by atoms with van der Waals surface area (Å²) in [4.78, 5) is 103. The zero-order valence-corrected chi connectivity index (χ0v) is 48.1. The number of aliphatic hydroxyl groups is 1. The minimum Gasteiger partial charge on any atom is -0.456 e. The minimum absolute atomic E-state index is 0.0306. The molecule has 4 fully saturated rings. The third-order valence-electron chi connectivity index (χ3n) is 14.8. The zero-order valence-electron chi connectivity index (χ0n) is 43.5. The predicted molar refractivity (Wildman–Crippen MR) is 276 cm³/mol. The van der Waals surface area contributed by atoms with Gasteiger partial charge in [-0.25, -0.2) is 24.0 Å². The monoisotopic (exact) mass is 1200 g/mol. The molecular weight excluding hydrogens is 1140 g/mol. The molecule has 7 rings (SSSR count). The molecule has 77 heavy (non-hydrogen) atoms. The first-order valence-corrected chi connectivity index (χ1v) is 26.5. The predicted octanol–water partition coefficient (Wildman–Crippen LogP) is 9.81. The Morgan fingerprint density at radius 1 is 0.792 bits per heavy atom. The molecule has 2 heterocycles. The smallest absolute Gasteiger partial charge is 0.456 e. The maximum Gasteiger partial charge on any atom is 0.509 e. The van der Waals surface area contributed by atoms with Crippen LogP contribution in [0.2, 0.25) is 0 Å². The average molecular weight is 1200 g/mol. The molecule has 2 aromatic carbocycles. The maximum absolute atomic E-state index is 16.4. The lowest BCUT2D eigenvalue weighted by Gasteiger charge is -2.67. The summed E-state index contributed by atoms with van der Waals surface area (Å²) in [6.45, 7) is 12.7. The van der Waals surface area contributed by atoms with Crippen LogP contribution < -0.4 is 0 Å². The lowest BCUT2D eigenvalue weighted by molar-refractivity contribution is -0.346. The Morgan fingerprint density at radius 3 is 1.87 bits per heavy atom. The van der Waals surface area contributed by atoms with E-state index in [1.165, 1.54) is 44.7 Å². The number of ether oxygens (including phenoxy) is 10. The molecule has 25 heteroatoms. The molecule has 2 bridgehead atoms. The fraction of sp³-hybridized carbons (Fsp3) is 0.596. The van der Waals surface area contributed by atoms with Gasteiger partial charge >= 0.3 is 36.3 Å². The molecule has 2 aliphatic heterocycles. The van der Waals surface area contributed by atoms with E-state index in [4.69, 9.17) is 117 Å². The van der Waals surface area contributed by atoms with Crippen LogP contribution in [-0.2, 0) is 61.8 Å². The Morgan fingerprint density at radius 2 is 1.35 bits per heavy atom. The van der Waals surface area contributed by atoms with E-state index in [1.807, 2.05) is 0 Å². The normalized spacial score (nSPS) is 31.4. The molecule has 2 aromatic rings. The number of alkyl halides is 6. The summed E-state index contributed by atoms with van der Waals surface area (Å²) in [6.07, 6.45) is -15.4. The molecule has 1 amide bonds. The third kappa shape index (κ3) is 12.0. The van der Waals surface area contributed by atoms with E-state index in [-0.39, 0.29) is 16.7 Å². The molecule has 0 radical (unpaired) electrons. The van der Waals surface area contributed by atoms with Crippen molar-refractivity contribution >= 4 is 112 Å². The van der Waals surface area contributed by atoms with Crippen molar-refractivity contribution in [1.29, 1.82) is 0 Å². The average Bonchev–Trinajstić information content (AvgIpc) is 3.61. The fourth-order valence-corrected chi connectivity index (χ4v) is 11.8. The molecule has 0 unspecified atom stereocenters. The van der Waals surface area contributed by atoms with E-state index in [2.05, 4.69) is 0 Å². The number of halogens is 6. The van der Waals surface area contributed by atoms with Gasteiger partial charge in [0.25, 0.3) is 0 Å². The summed E-state index contributed by atoms with van der Waals surface area (Å²) in [5, 5.41) is 14.2. The van der Waals surface area contributed by atoms with E-state index in [0.29, 0.717) is 5.56 Å². The Bertz CT molecular complexity index is 2670. The molecule has 2 saturated heterocycles. The second kappa shape index (κ2) is 21.6. The number of benzene rings is 2. The van der Waals surface area contributed by atoms with Crippen molar-refractivity contribution in [2.75, 3.05) is 19.8 Å². The first-order valence-electron chi connectivity index (χ1n) is 24.3. The minimum atomic E-state index is -2.62. The summed E-state index contributed by atoms with van der Waals surface area (Å²) in [7, 11) is 0. The van der Waals surface area contributed by atoms with Gasteiger partial charge in [-0.1, -0.05) is 132 Å². The molecule has 3 aliphatic carbocycles. The van der Waals surface area contributed by atoms with Gasteiger partial charge < -0.3 is 52.5 Å². The SMILES string of the molecule is CC(=O)O[C@@]12CO[C@@H]1C[C@H](OC(=O)OCC(Cl)(Cl)Cl)[C@@]1(C)C(=O)[C@H](OC(=O)OCC(Cl)(Cl)Cl)C3=C(C)[C@@H](OC(=O)[C@@H]4OC(C)(C)N(C(=O)OC(C)(C)C)[C@H]4c4ccccc4)C[C@@](O)([C@@H](OC(=O)c4ccccc4)[C@H]21)C3(C)C. The molecule has 2 saturated carbocycles. The van der Waals surface area contributed by atoms with Crippen LogP contribution in [0.3, 0.4) is 0 Å². The van der Waals surface area contributed by atoms with Gasteiger partial charge in [-0.05, 0) is 77.3 Å². The number of esters is 3. The Kier molecular flexibility index (Phi) is 16.9. The van der Waals surface area contributed by atoms with Gasteiger partial charge in [0.1, 0.15) is 60.6 Å². The van der Waals surface area contributed by atoms with Crippen molar-refractivity contribution in [3.05, 3.63) is 82.9 Å². The fourth-order valence-electron chi connectivity index (χ4n) is 11.5. The molecule has 5 aliphatic rings. The number of rotatable bonds is 10. The van der Waals surface area contributed by atoms with Crippen molar-refractivity contribution < 1.29 is 86.0 Å². The number of ketones is 1. The van der Waals surface area contributed by atoms with Crippen LogP contribution >= 0.6 is 69.6 Å². The van der Waals surface area contributed by atoms with E-state index in [1.54, 1.807) is 83.1 Å². The summed E-state index contributed by atoms with van der Waals surface area (Å²) in [5.41, 5.74) is -11.2. The Labute approximate surface area is 474 Å². The molecule has 19 nitrogen and oxygen atoms in total. The van der Waals surface area contributed by atoms with Gasteiger partial charge in [-0.3, -0.25) is 14.5 Å². The number of carbonyl (C=O) groups excluding carboxylic acids is 7. The van der Waals surface area contributed by atoms with Crippen LogP contribution in [0.1, 0.15) is 104 Å². The first-order chi connectivity index (χ1) is 35.5.